The first-order valence-corrected chi connectivity index (χ1v) is 18.9. The number of esters is 2. The van der Waals surface area contributed by atoms with E-state index in [4.69, 9.17) is 24.7 Å². The number of halogens is 1. The highest BCUT2D eigenvalue weighted by Crippen LogP contribution is 2.38. The van der Waals surface area contributed by atoms with Gasteiger partial charge in [-0.25, -0.2) is 14.0 Å². The lowest BCUT2D eigenvalue weighted by Crippen LogP contribution is -2.28. The zero-order valence-corrected chi connectivity index (χ0v) is 31.7. The Kier molecular flexibility index (Phi) is 16.7. The van der Waals surface area contributed by atoms with Gasteiger partial charge in [0.25, 0.3) is 5.69 Å². The van der Waals surface area contributed by atoms with Gasteiger partial charge in [0.2, 0.25) is 0 Å². The highest BCUT2D eigenvalue weighted by Gasteiger charge is 2.28. The molecule has 0 amide bonds. The van der Waals surface area contributed by atoms with Crippen LogP contribution in [0.1, 0.15) is 94.0 Å². The smallest absolute Gasteiger partial charge is 0.346 e. The van der Waals surface area contributed by atoms with Crippen LogP contribution in [0.2, 0.25) is 0 Å². The first kappa shape index (κ1) is 42.0. The van der Waals surface area contributed by atoms with E-state index in [0.29, 0.717) is 30.1 Å². The van der Waals surface area contributed by atoms with Crippen molar-refractivity contribution in [2.75, 3.05) is 18.9 Å². The number of carbonyl (C=O) groups excluding carboxylic acids is 2. The predicted molar refractivity (Wildman–Crippen MR) is 213 cm³/mol. The molecule has 0 aliphatic heterocycles. The van der Waals surface area contributed by atoms with Gasteiger partial charge in [0.15, 0.2) is 11.9 Å². The fourth-order valence-electron chi connectivity index (χ4n) is 5.74. The van der Waals surface area contributed by atoms with Crippen molar-refractivity contribution >= 4 is 29.4 Å². The van der Waals surface area contributed by atoms with Crippen LogP contribution in [-0.4, -0.2) is 36.2 Å². The highest BCUT2D eigenvalue weighted by atomic mass is 19.1. The highest BCUT2D eigenvalue weighted by molar-refractivity contribution is 5.92. The molecule has 0 aliphatic carbocycles. The molecule has 10 nitrogen and oxygen atoms in total. The van der Waals surface area contributed by atoms with E-state index in [2.05, 4.69) is 6.58 Å². The van der Waals surface area contributed by atoms with E-state index >= 15 is 0 Å². The van der Waals surface area contributed by atoms with E-state index in [9.17, 15) is 24.1 Å². The van der Waals surface area contributed by atoms with E-state index < -0.39 is 34.6 Å². The number of alkyl halides is 1. The summed E-state index contributed by atoms with van der Waals surface area (Å²) in [5.74, 6) is -0.748. The number of rotatable bonds is 23. The molecule has 0 spiro atoms. The lowest BCUT2D eigenvalue weighted by Gasteiger charge is -2.15. The second-order valence-electron chi connectivity index (χ2n) is 13.5. The summed E-state index contributed by atoms with van der Waals surface area (Å²) in [5.41, 5.74) is 7.39. The molecule has 0 fully saturated rings. The fraction of sp³-hybridized carbons (Fsp3) is 0.364. The van der Waals surface area contributed by atoms with Gasteiger partial charge in [-0.1, -0.05) is 102 Å². The molecule has 2 N–H and O–H groups in total. The third-order valence-corrected chi connectivity index (χ3v) is 9.31. The maximum Gasteiger partial charge on any atom is 0.346 e. The maximum atomic E-state index is 14.3. The quantitative estimate of drug-likeness (QED) is 0.0196. The summed E-state index contributed by atoms with van der Waals surface area (Å²) in [5, 5.41) is 11.9. The summed E-state index contributed by atoms with van der Waals surface area (Å²) in [6, 6.07) is 23.1. The molecule has 11 heteroatoms. The predicted octanol–water partition coefficient (Wildman–Crippen LogP) is 11.0. The average Bonchev–Trinajstić information content (AvgIpc) is 3.20. The maximum absolute atomic E-state index is 14.3. The number of benzene rings is 4. The largest absolute Gasteiger partial charge is 0.494 e. The molecule has 4 aromatic rings. The minimum Gasteiger partial charge on any atom is -0.494 e. The van der Waals surface area contributed by atoms with Crippen molar-refractivity contribution in [3.8, 4) is 34.1 Å². The van der Waals surface area contributed by atoms with Crippen molar-refractivity contribution in [2.45, 2.75) is 84.2 Å². The molecular formula is C44H51FN2O8. The molecule has 292 valence electrons. The van der Waals surface area contributed by atoms with E-state index in [-0.39, 0.29) is 22.6 Å². The van der Waals surface area contributed by atoms with Crippen molar-refractivity contribution in [3.63, 3.8) is 0 Å². The summed E-state index contributed by atoms with van der Waals surface area (Å²) in [7, 11) is 0. The Bertz CT molecular complexity index is 1850. The molecule has 0 heterocycles. The fourth-order valence-corrected chi connectivity index (χ4v) is 5.74. The molecular weight excluding hydrogens is 703 g/mol. The summed E-state index contributed by atoms with van der Waals surface area (Å²) >= 11 is 0. The van der Waals surface area contributed by atoms with Crippen LogP contribution in [-0.2, 0) is 4.79 Å². The van der Waals surface area contributed by atoms with Crippen molar-refractivity contribution in [1.82, 2.24) is 0 Å². The van der Waals surface area contributed by atoms with Crippen LogP contribution >= 0.6 is 0 Å². The second kappa shape index (κ2) is 21.9. The van der Waals surface area contributed by atoms with Crippen LogP contribution in [0, 0.1) is 16.0 Å². The molecule has 4 rings (SSSR count). The Morgan fingerprint density at radius 2 is 1.29 bits per heavy atom. The van der Waals surface area contributed by atoms with Crippen LogP contribution in [0.15, 0.2) is 91.5 Å². The number of carbonyl (C=O) groups is 2. The molecule has 0 bridgehead atoms. The lowest BCUT2D eigenvalue weighted by molar-refractivity contribution is -0.384. The zero-order chi connectivity index (χ0) is 39.6. The third-order valence-electron chi connectivity index (χ3n) is 9.31. The van der Waals surface area contributed by atoms with Crippen molar-refractivity contribution in [2.24, 2.45) is 5.92 Å². The summed E-state index contributed by atoms with van der Waals surface area (Å²) in [6.07, 6.45) is 10.7. The molecule has 0 saturated carbocycles. The summed E-state index contributed by atoms with van der Waals surface area (Å²) < 4.78 is 36.6. The van der Waals surface area contributed by atoms with Crippen LogP contribution in [0.4, 0.5) is 15.8 Å². The SMILES string of the molecule is C=Cc1ccc(OCCCCCCCCCCCOc2ccc(OC(=O)c3ccc(-c4cc(N)c(OC(=O)[C@@H](F)[C@@H](C)CC)cc4[N+](=O)[O-])cc3)cc2)cc1. The Balaban J connectivity index is 1.13. The van der Waals surface area contributed by atoms with E-state index in [1.807, 2.05) is 30.3 Å². The van der Waals surface area contributed by atoms with Crippen LogP contribution < -0.4 is 24.7 Å². The van der Waals surface area contributed by atoms with Crippen molar-refractivity contribution in [1.29, 1.82) is 0 Å². The number of nitrogens with two attached hydrogens (primary N) is 1. The van der Waals surface area contributed by atoms with Gasteiger partial charge in [-0.15, -0.1) is 0 Å². The average molecular weight is 755 g/mol. The second-order valence-corrected chi connectivity index (χ2v) is 13.5. The van der Waals surface area contributed by atoms with E-state index in [0.717, 1.165) is 43.2 Å². The standard InChI is InChI=1S/C44H51FN2O8/c1-4-31(3)42(45)44(49)55-41-30-40(47(50)51)38(29-39(41)46)33-17-19-34(20-18-33)43(48)54-37-25-23-36(24-26-37)53-28-14-12-10-8-6-7-9-11-13-27-52-35-21-15-32(5-2)16-22-35/h5,15-26,29-31,42H,2,4,6-14,27-28,46H2,1,3H3/t31-,42-/m0/s1. The van der Waals surface area contributed by atoms with Gasteiger partial charge < -0.3 is 24.7 Å². The third kappa shape index (κ3) is 13.3. The van der Waals surface area contributed by atoms with E-state index in [1.54, 1.807) is 38.1 Å². The molecule has 4 aromatic carbocycles. The number of hydrogen-bond acceptors (Lipinski definition) is 9. The molecule has 2 atom stereocenters. The lowest BCUT2D eigenvalue weighted by atomic mass is 10.0. The Morgan fingerprint density at radius 3 is 1.80 bits per heavy atom. The first-order chi connectivity index (χ1) is 26.6. The minimum absolute atomic E-state index is 0.0799. The summed E-state index contributed by atoms with van der Waals surface area (Å²) in [4.78, 5) is 36.3. The van der Waals surface area contributed by atoms with E-state index in [1.165, 1.54) is 68.9 Å². The molecule has 0 unspecified atom stereocenters. The first-order valence-electron chi connectivity index (χ1n) is 18.9. The molecule has 0 aliphatic rings. The van der Waals surface area contributed by atoms with Gasteiger partial charge in [-0.2, -0.15) is 0 Å². The zero-order valence-electron chi connectivity index (χ0n) is 31.7. The van der Waals surface area contributed by atoms with Gasteiger partial charge in [-0.05, 0) is 84.5 Å². The number of nitrogen functional groups attached to an aromatic ring is 1. The Labute approximate surface area is 322 Å². The molecule has 0 saturated heterocycles. The van der Waals surface area contributed by atoms with Gasteiger partial charge in [-0.3, -0.25) is 10.1 Å². The molecule has 0 aromatic heterocycles. The number of nitro groups is 1. The van der Waals surface area contributed by atoms with Crippen molar-refractivity contribution in [3.05, 3.63) is 113 Å². The van der Waals surface area contributed by atoms with Crippen molar-refractivity contribution < 1.29 is 37.9 Å². The Hall–Kier alpha value is -5.71. The number of ether oxygens (including phenoxy) is 4. The number of anilines is 1. The number of nitrogens with zero attached hydrogens (tertiary/aromatic N) is 1. The number of hydrogen-bond donors (Lipinski definition) is 1. The van der Waals surface area contributed by atoms with Crippen LogP contribution in [0.5, 0.6) is 23.0 Å². The molecule has 55 heavy (non-hydrogen) atoms. The summed E-state index contributed by atoms with van der Waals surface area (Å²) in [6.45, 7) is 8.41. The monoisotopic (exact) mass is 754 g/mol. The molecule has 0 radical (unpaired) electrons. The normalized spacial score (nSPS) is 12.0. The Morgan fingerprint density at radius 1 is 0.782 bits per heavy atom. The van der Waals surface area contributed by atoms with Crippen LogP contribution in [0.3, 0.4) is 0 Å². The minimum atomic E-state index is -1.90. The van der Waals surface area contributed by atoms with Gasteiger partial charge in [0.05, 0.1) is 41.0 Å². The van der Waals surface area contributed by atoms with Gasteiger partial charge in [0.1, 0.15) is 17.2 Å². The van der Waals surface area contributed by atoms with Gasteiger partial charge in [0, 0.05) is 0 Å². The van der Waals surface area contributed by atoms with Crippen LogP contribution in [0.25, 0.3) is 17.2 Å². The van der Waals surface area contributed by atoms with Gasteiger partial charge >= 0.3 is 11.9 Å². The topological polar surface area (TPSA) is 140 Å². The number of nitro benzene ring substituents is 1. The number of unbranched alkanes of at least 4 members (excludes halogenated alkanes) is 8.